The second kappa shape index (κ2) is 6.41. The van der Waals surface area contributed by atoms with Gasteiger partial charge in [0.15, 0.2) is 0 Å². The lowest BCUT2D eigenvalue weighted by molar-refractivity contribution is 0.430. The molecule has 0 amide bonds. The maximum atomic E-state index is 3.68. The first-order valence-electron chi connectivity index (χ1n) is 6.34. The van der Waals surface area contributed by atoms with E-state index in [4.69, 9.17) is 0 Å². The Labute approximate surface area is 104 Å². The standard InChI is InChI=1S/C14H25NS/c1-6-7-15-14(8-10(2)3)13-9-11(4)16-12(13)5/h9-10,14-15H,6-8H2,1-5H3. The van der Waals surface area contributed by atoms with E-state index in [1.807, 2.05) is 11.3 Å². The van der Waals surface area contributed by atoms with Crippen molar-refractivity contribution in [3.05, 3.63) is 21.4 Å². The third kappa shape index (κ3) is 3.91. The Hall–Kier alpha value is -0.340. The molecule has 1 unspecified atom stereocenters. The van der Waals surface area contributed by atoms with Crippen LogP contribution in [0.4, 0.5) is 0 Å². The molecule has 1 atom stereocenters. The van der Waals surface area contributed by atoms with E-state index in [1.165, 1.54) is 28.2 Å². The molecule has 0 spiro atoms. The molecule has 0 aliphatic carbocycles. The highest BCUT2D eigenvalue weighted by Gasteiger charge is 2.16. The van der Waals surface area contributed by atoms with Crippen LogP contribution in [-0.4, -0.2) is 6.54 Å². The summed E-state index contributed by atoms with van der Waals surface area (Å²) in [6, 6.07) is 2.90. The van der Waals surface area contributed by atoms with Gasteiger partial charge in [-0.15, -0.1) is 11.3 Å². The van der Waals surface area contributed by atoms with Crippen LogP contribution in [0, 0.1) is 19.8 Å². The third-order valence-corrected chi connectivity index (χ3v) is 3.78. The first kappa shape index (κ1) is 13.7. The van der Waals surface area contributed by atoms with Crippen LogP contribution >= 0.6 is 11.3 Å². The van der Waals surface area contributed by atoms with Crippen molar-refractivity contribution in [2.45, 2.75) is 53.5 Å². The Morgan fingerprint density at radius 2 is 2.00 bits per heavy atom. The second-order valence-corrected chi connectivity index (χ2v) is 6.47. The van der Waals surface area contributed by atoms with E-state index < -0.39 is 0 Å². The Bertz CT molecular complexity index is 315. The summed E-state index contributed by atoms with van der Waals surface area (Å²) >= 11 is 1.92. The summed E-state index contributed by atoms with van der Waals surface area (Å²) < 4.78 is 0. The summed E-state index contributed by atoms with van der Waals surface area (Å²) in [5.41, 5.74) is 1.52. The highest BCUT2D eigenvalue weighted by Crippen LogP contribution is 2.30. The van der Waals surface area contributed by atoms with Crippen molar-refractivity contribution in [2.75, 3.05) is 6.54 Å². The van der Waals surface area contributed by atoms with Crippen LogP contribution in [0.25, 0.3) is 0 Å². The SMILES string of the molecule is CCCNC(CC(C)C)c1cc(C)sc1C. The second-order valence-electron chi connectivity index (χ2n) is 5.00. The van der Waals surface area contributed by atoms with Gasteiger partial charge in [0, 0.05) is 15.8 Å². The minimum Gasteiger partial charge on any atom is -0.310 e. The molecule has 0 aromatic carbocycles. The molecule has 0 radical (unpaired) electrons. The topological polar surface area (TPSA) is 12.0 Å². The van der Waals surface area contributed by atoms with Gasteiger partial charge in [-0.2, -0.15) is 0 Å². The largest absolute Gasteiger partial charge is 0.310 e. The maximum absolute atomic E-state index is 3.68. The van der Waals surface area contributed by atoms with Crippen LogP contribution in [0.15, 0.2) is 6.07 Å². The van der Waals surface area contributed by atoms with Crippen LogP contribution in [0.2, 0.25) is 0 Å². The van der Waals surface area contributed by atoms with Crippen LogP contribution in [0.1, 0.15) is 55.0 Å². The van der Waals surface area contributed by atoms with Gasteiger partial charge in [0.2, 0.25) is 0 Å². The minimum absolute atomic E-state index is 0.546. The molecular weight excluding hydrogens is 214 g/mol. The molecule has 0 bridgehead atoms. The molecule has 0 saturated heterocycles. The fourth-order valence-corrected chi connectivity index (χ4v) is 3.09. The number of hydrogen-bond acceptors (Lipinski definition) is 2. The molecule has 1 aromatic rings. The molecule has 92 valence electrons. The van der Waals surface area contributed by atoms with Crippen molar-refractivity contribution in [3.63, 3.8) is 0 Å². The normalized spacial score (nSPS) is 13.4. The van der Waals surface area contributed by atoms with Gasteiger partial charge < -0.3 is 5.32 Å². The van der Waals surface area contributed by atoms with E-state index >= 15 is 0 Å². The first-order valence-corrected chi connectivity index (χ1v) is 7.16. The van der Waals surface area contributed by atoms with E-state index in [9.17, 15) is 0 Å². The average molecular weight is 239 g/mol. The molecule has 0 aliphatic heterocycles. The summed E-state index contributed by atoms with van der Waals surface area (Å²) in [5.74, 6) is 0.744. The van der Waals surface area contributed by atoms with Crippen molar-refractivity contribution < 1.29 is 0 Å². The van der Waals surface area contributed by atoms with Crippen LogP contribution in [0.5, 0.6) is 0 Å². The van der Waals surface area contributed by atoms with Crippen LogP contribution in [0.3, 0.4) is 0 Å². The van der Waals surface area contributed by atoms with E-state index in [1.54, 1.807) is 0 Å². The molecule has 1 N–H and O–H groups in total. The van der Waals surface area contributed by atoms with Gasteiger partial charge in [-0.3, -0.25) is 0 Å². The molecular formula is C14H25NS. The van der Waals surface area contributed by atoms with E-state index in [0.29, 0.717) is 6.04 Å². The molecule has 1 nitrogen and oxygen atoms in total. The van der Waals surface area contributed by atoms with Crippen molar-refractivity contribution in [3.8, 4) is 0 Å². The predicted octanol–water partition coefficient (Wildman–Crippen LogP) is 4.45. The van der Waals surface area contributed by atoms with Gasteiger partial charge in [-0.1, -0.05) is 20.8 Å². The number of thiophene rings is 1. The lowest BCUT2D eigenvalue weighted by Gasteiger charge is -2.20. The lowest BCUT2D eigenvalue weighted by atomic mass is 9.97. The quantitative estimate of drug-likeness (QED) is 0.773. The van der Waals surface area contributed by atoms with Gasteiger partial charge in [0.1, 0.15) is 0 Å². The highest BCUT2D eigenvalue weighted by atomic mass is 32.1. The van der Waals surface area contributed by atoms with Gasteiger partial charge in [0.25, 0.3) is 0 Å². The van der Waals surface area contributed by atoms with Crippen LogP contribution in [-0.2, 0) is 0 Å². The zero-order valence-corrected chi connectivity index (χ0v) is 12.1. The van der Waals surface area contributed by atoms with Crippen molar-refractivity contribution in [2.24, 2.45) is 5.92 Å². The molecule has 0 fully saturated rings. The third-order valence-electron chi connectivity index (χ3n) is 2.80. The molecule has 1 aromatic heterocycles. The monoisotopic (exact) mass is 239 g/mol. The Kier molecular flexibility index (Phi) is 5.50. The Balaban J connectivity index is 2.78. The molecule has 0 aliphatic rings. The first-order chi connectivity index (χ1) is 7.54. The molecule has 16 heavy (non-hydrogen) atoms. The van der Waals surface area contributed by atoms with Crippen LogP contribution < -0.4 is 5.32 Å². The van der Waals surface area contributed by atoms with Crippen molar-refractivity contribution >= 4 is 11.3 Å². The summed E-state index contributed by atoms with van der Waals surface area (Å²) in [6.07, 6.45) is 2.44. The van der Waals surface area contributed by atoms with E-state index in [2.05, 4.69) is 46.0 Å². The fourth-order valence-electron chi connectivity index (χ4n) is 2.11. The minimum atomic E-state index is 0.546. The van der Waals surface area contributed by atoms with Gasteiger partial charge in [-0.25, -0.2) is 0 Å². The van der Waals surface area contributed by atoms with Gasteiger partial charge in [0.05, 0.1) is 0 Å². The summed E-state index contributed by atoms with van der Waals surface area (Å²) in [4.78, 5) is 2.91. The summed E-state index contributed by atoms with van der Waals surface area (Å²) in [5, 5.41) is 3.68. The predicted molar refractivity (Wildman–Crippen MR) is 74.3 cm³/mol. The summed E-state index contributed by atoms with van der Waals surface area (Å²) in [7, 11) is 0. The number of aryl methyl sites for hydroxylation is 2. The number of nitrogens with one attached hydrogen (secondary N) is 1. The number of rotatable bonds is 6. The Morgan fingerprint density at radius 1 is 1.31 bits per heavy atom. The highest BCUT2D eigenvalue weighted by molar-refractivity contribution is 7.12. The Morgan fingerprint density at radius 3 is 2.44 bits per heavy atom. The van der Waals surface area contributed by atoms with E-state index in [0.717, 1.165) is 12.5 Å². The molecule has 2 heteroatoms. The maximum Gasteiger partial charge on any atom is 0.0333 e. The zero-order valence-electron chi connectivity index (χ0n) is 11.3. The molecule has 0 saturated carbocycles. The zero-order chi connectivity index (χ0) is 12.1. The van der Waals surface area contributed by atoms with Gasteiger partial charge in [-0.05, 0) is 50.8 Å². The van der Waals surface area contributed by atoms with Gasteiger partial charge >= 0.3 is 0 Å². The molecule has 1 heterocycles. The number of hydrogen-bond donors (Lipinski definition) is 1. The fraction of sp³-hybridized carbons (Fsp3) is 0.714. The lowest BCUT2D eigenvalue weighted by Crippen LogP contribution is -2.23. The smallest absolute Gasteiger partial charge is 0.0333 e. The molecule has 1 rings (SSSR count). The summed E-state index contributed by atoms with van der Waals surface area (Å²) in [6.45, 7) is 12.4. The average Bonchev–Trinajstić information content (AvgIpc) is 2.52. The van der Waals surface area contributed by atoms with E-state index in [-0.39, 0.29) is 0 Å². The van der Waals surface area contributed by atoms with Crippen molar-refractivity contribution in [1.82, 2.24) is 5.32 Å². The van der Waals surface area contributed by atoms with Crippen molar-refractivity contribution in [1.29, 1.82) is 0 Å².